The van der Waals surface area contributed by atoms with Crippen LogP contribution in [0, 0.1) is 15.9 Å². The fourth-order valence-electron chi connectivity index (χ4n) is 1.77. The minimum atomic E-state index is -0.510. The van der Waals surface area contributed by atoms with Gasteiger partial charge in [-0.25, -0.2) is 9.82 Å². The molecule has 0 aliphatic carbocycles. The molecule has 2 aromatic rings. The normalized spacial score (nSPS) is 11.0. The van der Waals surface area contributed by atoms with Gasteiger partial charge >= 0.3 is 0 Å². The molecular weight excluding hydrogens is 317 g/mol. The fraction of sp³-hybridized carbons (Fsp3) is 0.125. The second kappa shape index (κ2) is 7.82. The van der Waals surface area contributed by atoms with Gasteiger partial charge < -0.3 is 4.74 Å². The first-order chi connectivity index (χ1) is 11.5. The summed E-state index contributed by atoms with van der Waals surface area (Å²) < 4.78 is 17.9. The van der Waals surface area contributed by atoms with Gasteiger partial charge in [0.15, 0.2) is 6.61 Å². The molecule has 0 unspecified atom stereocenters. The maximum absolute atomic E-state index is 12.7. The molecule has 0 aliphatic rings. The highest BCUT2D eigenvalue weighted by Gasteiger charge is 2.08. The van der Waals surface area contributed by atoms with Gasteiger partial charge in [-0.05, 0) is 31.2 Å². The van der Waals surface area contributed by atoms with Crippen LogP contribution < -0.4 is 10.2 Å². The molecule has 2 rings (SSSR count). The predicted octanol–water partition coefficient (Wildman–Crippen LogP) is 2.65. The third-order valence-electron chi connectivity index (χ3n) is 3.01. The maximum atomic E-state index is 12.7. The molecule has 0 aromatic heterocycles. The van der Waals surface area contributed by atoms with E-state index in [-0.39, 0.29) is 12.3 Å². The van der Waals surface area contributed by atoms with Crippen molar-refractivity contribution in [3.63, 3.8) is 0 Å². The number of nitro benzene ring substituents is 1. The zero-order chi connectivity index (χ0) is 17.5. The van der Waals surface area contributed by atoms with Crippen molar-refractivity contribution in [3.8, 4) is 5.75 Å². The highest BCUT2D eigenvalue weighted by Crippen LogP contribution is 2.13. The second-order valence-electron chi connectivity index (χ2n) is 4.78. The summed E-state index contributed by atoms with van der Waals surface area (Å²) in [6.07, 6.45) is 0. The smallest absolute Gasteiger partial charge is 0.277 e. The van der Waals surface area contributed by atoms with E-state index in [4.69, 9.17) is 4.74 Å². The number of hydrazone groups is 1. The molecule has 124 valence electrons. The highest BCUT2D eigenvalue weighted by atomic mass is 19.1. The van der Waals surface area contributed by atoms with Crippen LogP contribution in [0.3, 0.4) is 0 Å². The number of nitrogens with zero attached hydrogens (tertiary/aromatic N) is 2. The number of amides is 1. The van der Waals surface area contributed by atoms with Crippen molar-refractivity contribution >= 4 is 17.3 Å². The molecule has 0 radical (unpaired) electrons. The van der Waals surface area contributed by atoms with Crippen LogP contribution in [0.5, 0.6) is 5.75 Å². The van der Waals surface area contributed by atoms with E-state index in [1.165, 1.54) is 42.5 Å². The molecule has 24 heavy (non-hydrogen) atoms. The molecule has 0 aliphatic heterocycles. The first kappa shape index (κ1) is 17.1. The van der Waals surface area contributed by atoms with Crippen LogP contribution in [0.4, 0.5) is 10.1 Å². The average Bonchev–Trinajstić information content (AvgIpc) is 2.59. The SMILES string of the molecule is C/C(=N\NC(=O)COc1ccc(F)cc1)c1cccc([N+](=O)[O-])c1. The minimum Gasteiger partial charge on any atom is -0.484 e. The van der Waals surface area contributed by atoms with E-state index in [0.29, 0.717) is 17.0 Å². The Morgan fingerprint density at radius 1 is 1.29 bits per heavy atom. The molecule has 0 saturated heterocycles. The zero-order valence-corrected chi connectivity index (χ0v) is 12.7. The maximum Gasteiger partial charge on any atom is 0.277 e. The Labute approximate surface area is 136 Å². The van der Waals surface area contributed by atoms with Crippen molar-refractivity contribution in [1.82, 2.24) is 5.43 Å². The third-order valence-corrected chi connectivity index (χ3v) is 3.01. The molecular formula is C16H14FN3O4. The van der Waals surface area contributed by atoms with Crippen LogP contribution >= 0.6 is 0 Å². The number of benzene rings is 2. The van der Waals surface area contributed by atoms with Crippen molar-refractivity contribution in [2.24, 2.45) is 5.10 Å². The first-order valence-corrected chi connectivity index (χ1v) is 6.92. The first-order valence-electron chi connectivity index (χ1n) is 6.92. The number of ether oxygens (including phenoxy) is 1. The van der Waals surface area contributed by atoms with E-state index in [2.05, 4.69) is 10.5 Å². The van der Waals surface area contributed by atoms with E-state index in [0.717, 1.165) is 0 Å². The standard InChI is InChI=1S/C16H14FN3O4/c1-11(12-3-2-4-14(9-12)20(22)23)18-19-16(21)10-24-15-7-5-13(17)6-8-15/h2-9H,10H2,1H3,(H,19,21)/b18-11+. The topological polar surface area (TPSA) is 93.8 Å². The summed E-state index contributed by atoms with van der Waals surface area (Å²) in [5, 5.41) is 14.6. The Balaban J connectivity index is 1.91. The molecule has 7 nitrogen and oxygen atoms in total. The lowest BCUT2D eigenvalue weighted by atomic mass is 10.1. The van der Waals surface area contributed by atoms with Crippen LogP contribution in [-0.2, 0) is 4.79 Å². The Kier molecular flexibility index (Phi) is 5.56. The van der Waals surface area contributed by atoms with Gasteiger partial charge in [-0.1, -0.05) is 12.1 Å². The van der Waals surface area contributed by atoms with Crippen LogP contribution in [0.1, 0.15) is 12.5 Å². The lowest BCUT2D eigenvalue weighted by molar-refractivity contribution is -0.384. The Hall–Kier alpha value is -3.29. The van der Waals surface area contributed by atoms with Crippen molar-refractivity contribution in [1.29, 1.82) is 0 Å². The second-order valence-corrected chi connectivity index (χ2v) is 4.78. The van der Waals surface area contributed by atoms with Gasteiger partial charge in [0, 0.05) is 17.7 Å². The number of halogens is 1. The van der Waals surface area contributed by atoms with Gasteiger partial charge in [0.2, 0.25) is 0 Å². The van der Waals surface area contributed by atoms with Crippen LogP contribution in [-0.4, -0.2) is 23.1 Å². The van der Waals surface area contributed by atoms with Crippen LogP contribution in [0.15, 0.2) is 53.6 Å². The fourth-order valence-corrected chi connectivity index (χ4v) is 1.77. The summed E-state index contributed by atoms with van der Waals surface area (Å²) in [5.74, 6) is -0.556. The van der Waals surface area contributed by atoms with E-state index >= 15 is 0 Å². The summed E-state index contributed by atoms with van der Waals surface area (Å²) in [6.45, 7) is 1.32. The van der Waals surface area contributed by atoms with E-state index in [1.54, 1.807) is 13.0 Å². The summed E-state index contributed by atoms with van der Waals surface area (Å²) in [5.41, 5.74) is 3.16. The molecule has 0 fully saturated rings. The summed E-state index contributed by atoms with van der Waals surface area (Å²) in [7, 11) is 0. The summed E-state index contributed by atoms with van der Waals surface area (Å²) in [4.78, 5) is 21.9. The highest BCUT2D eigenvalue weighted by molar-refractivity contribution is 5.99. The van der Waals surface area contributed by atoms with Crippen LogP contribution in [0.2, 0.25) is 0 Å². The van der Waals surface area contributed by atoms with Gasteiger partial charge in [-0.2, -0.15) is 5.10 Å². The number of nitro groups is 1. The summed E-state index contributed by atoms with van der Waals surface area (Å²) >= 11 is 0. The number of nitrogens with one attached hydrogen (secondary N) is 1. The molecule has 0 saturated carbocycles. The van der Waals surface area contributed by atoms with Gasteiger partial charge in [-0.15, -0.1) is 0 Å². The van der Waals surface area contributed by atoms with Gasteiger partial charge in [0.05, 0.1) is 10.6 Å². The number of rotatable bonds is 6. The predicted molar refractivity (Wildman–Crippen MR) is 85.3 cm³/mol. The van der Waals surface area contributed by atoms with Gasteiger partial charge in [-0.3, -0.25) is 14.9 Å². The van der Waals surface area contributed by atoms with Crippen LogP contribution in [0.25, 0.3) is 0 Å². The molecule has 1 N–H and O–H groups in total. The monoisotopic (exact) mass is 331 g/mol. The lowest BCUT2D eigenvalue weighted by Crippen LogP contribution is -2.25. The van der Waals surface area contributed by atoms with E-state index in [1.807, 2.05) is 0 Å². The minimum absolute atomic E-state index is 0.0620. The number of carbonyl (C=O) groups excluding carboxylic acids is 1. The number of hydrogen-bond donors (Lipinski definition) is 1. The quantitative estimate of drug-likeness (QED) is 0.500. The van der Waals surface area contributed by atoms with Crippen molar-refractivity contribution < 1.29 is 18.8 Å². The Morgan fingerprint density at radius 2 is 2.00 bits per heavy atom. The molecule has 0 bridgehead atoms. The number of carbonyl (C=O) groups is 1. The molecule has 1 amide bonds. The number of hydrogen-bond acceptors (Lipinski definition) is 5. The van der Waals surface area contributed by atoms with Crippen molar-refractivity contribution in [2.75, 3.05) is 6.61 Å². The van der Waals surface area contributed by atoms with Crippen molar-refractivity contribution in [2.45, 2.75) is 6.92 Å². The molecule has 0 heterocycles. The average molecular weight is 331 g/mol. The van der Waals surface area contributed by atoms with E-state index < -0.39 is 16.6 Å². The zero-order valence-electron chi connectivity index (χ0n) is 12.7. The molecule has 2 aromatic carbocycles. The largest absolute Gasteiger partial charge is 0.484 e. The number of non-ortho nitro benzene ring substituents is 1. The summed E-state index contributed by atoms with van der Waals surface area (Å²) in [6, 6.07) is 11.2. The van der Waals surface area contributed by atoms with E-state index in [9.17, 15) is 19.3 Å². The Bertz CT molecular complexity index is 775. The van der Waals surface area contributed by atoms with Crippen molar-refractivity contribution in [3.05, 3.63) is 70.0 Å². The molecule has 0 spiro atoms. The third kappa shape index (κ3) is 4.87. The lowest BCUT2D eigenvalue weighted by Gasteiger charge is -2.05. The van der Waals surface area contributed by atoms with Gasteiger partial charge in [0.25, 0.3) is 11.6 Å². The van der Waals surface area contributed by atoms with Gasteiger partial charge in [0.1, 0.15) is 11.6 Å². The Morgan fingerprint density at radius 3 is 2.67 bits per heavy atom. The molecule has 8 heteroatoms. The molecule has 0 atom stereocenters.